The number of carbonyl (C=O) groups excluding carboxylic acids is 1. The quantitative estimate of drug-likeness (QED) is 0.132. The predicted molar refractivity (Wildman–Crippen MR) is 145 cm³/mol. The maximum Gasteiger partial charge on any atom is 0.155 e. The van der Waals surface area contributed by atoms with Crippen LogP contribution in [0.1, 0.15) is 63.8 Å². The SMILES string of the molecule is CC(=O)C=C(C)O.Cc1[c-]c(-c2nccc3c(CC(C)C)c(CC(C)C)ccc23)cc(C)c1.[B].[Ir]. The maximum absolute atomic E-state index is 10.0. The molecule has 0 atom stereocenters. The normalized spacial score (nSPS) is 11.0. The summed E-state index contributed by atoms with van der Waals surface area (Å²) in [4.78, 5) is 14.8. The second kappa shape index (κ2) is 15.0. The average Bonchev–Trinajstić information content (AvgIpc) is 2.67. The number of fused-ring (bicyclic) bond motifs is 1. The van der Waals surface area contributed by atoms with E-state index in [0.29, 0.717) is 11.8 Å². The van der Waals surface area contributed by atoms with Crippen LogP contribution in [0.15, 0.2) is 48.4 Å². The number of rotatable bonds is 6. The van der Waals surface area contributed by atoms with Crippen LogP contribution in [0.4, 0.5) is 0 Å². The summed E-state index contributed by atoms with van der Waals surface area (Å²) in [7, 11) is 0. The molecule has 3 aromatic rings. The molecule has 0 amide bonds. The topological polar surface area (TPSA) is 50.2 Å². The van der Waals surface area contributed by atoms with Crippen molar-refractivity contribution in [3.05, 3.63) is 76.7 Å². The Morgan fingerprint density at radius 2 is 1.63 bits per heavy atom. The zero-order valence-corrected chi connectivity index (χ0v) is 24.7. The molecule has 0 saturated heterocycles. The summed E-state index contributed by atoms with van der Waals surface area (Å²) in [6, 6.07) is 14.7. The van der Waals surface area contributed by atoms with Gasteiger partial charge in [-0.2, -0.15) is 0 Å². The first kappa shape index (κ1) is 32.8. The number of carbonyl (C=O) groups is 1. The van der Waals surface area contributed by atoms with E-state index in [1.54, 1.807) is 0 Å². The van der Waals surface area contributed by atoms with Crippen molar-refractivity contribution < 1.29 is 30.0 Å². The fraction of sp³-hybridized carbons (Fsp3) is 0.400. The van der Waals surface area contributed by atoms with Crippen molar-refractivity contribution in [2.45, 2.75) is 68.2 Å². The molecule has 0 fully saturated rings. The van der Waals surface area contributed by atoms with E-state index in [1.807, 2.05) is 6.20 Å². The van der Waals surface area contributed by atoms with Gasteiger partial charge in [0.05, 0.1) is 5.76 Å². The second-order valence-electron chi connectivity index (χ2n) is 9.80. The molecule has 1 heterocycles. The Kier molecular flexibility index (Phi) is 14.1. The summed E-state index contributed by atoms with van der Waals surface area (Å²) >= 11 is 0. The Morgan fingerprint density at radius 1 is 1.00 bits per heavy atom. The number of ketones is 1. The summed E-state index contributed by atoms with van der Waals surface area (Å²) in [6.45, 7) is 16.3. The molecule has 0 spiro atoms. The van der Waals surface area contributed by atoms with Crippen molar-refractivity contribution in [3.63, 3.8) is 0 Å². The predicted octanol–water partition coefficient (Wildman–Crippen LogP) is 7.37. The first-order valence-electron chi connectivity index (χ1n) is 11.8. The van der Waals surface area contributed by atoms with E-state index in [0.717, 1.165) is 29.7 Å². The third-order valence-corrected chi connectivity index (χ3v) is 5.21. The van der Waals surface area contributed by atoms with Gasteiger partial charge in [-0.05, 0) is 72.2 Å². The van der Waals surface area contributed by atoms with Crippen LogP contribution >= 0.6 is 0 Å². The van der Waals surface area contributed by atoms with Crippen molar-refractivity contribution in [1.82, 2.24) is 4.98 Å². The number of pyridine rings is 1. The van der Waals surface area contributed by atoms with Crippen LogP contribution in [0.5, 0.6) is 0 Å². The zero-order valence-electron chi connectivity index (χ0n) is 22.3. The number of benzene rings is 2. The molecule has 4 radical (unpaired) electrons. The molecule has 0 aliphatic heterocycles. The molecule has 188 valence electrons. The second-order valence-corrected chi connectivity index (χ2v) is 9.80. The van der Waals surface area contributed by atoms with Crippen LogP contribution in [0.25, 0.3) is 22.0 Å². The number of aromatic nitrogens is 1. The van der Waals surface area contributed by atoms with Crippen molar-refractivity contribution in [2.75, 3.05) is 0 Å². The van der Waals surface area contributed by atoms with Gasteiger partial charge in [-0.1, -0.05) is 53.7 Å². The van der Waals surface area contributed by atoms with Crippen LogP contribution in [-0.4, -0.2) is 24.3 Å². The molecule has 2 aromatic carbocycles. The van der Waals surface area contributed by atoms with Gasteiger partial charge in [-0.15, -0.1) is 34.9 Å². The van der Waals surface area contributed by atoms with Crippen LogP contribution < -0.4 is 0 Å². The third-order valence-electron chi connectivity index (χ3n) is 5.21. The van der Waals surface area contributed by atoms with Crippen LogP contribution in [0.3, 0.4) is 0 Å². The smallest absolute Gasteiger partial charge is 0.155 e. The van der Waals surface area contributed by atoms with Crippen LogP contribution in [-0.2, 0) is 37.7 Å². The van der Waals surface area contributed by atoms with Gasteiger partial charge < -0.3 is 10.1 Å². The zero-order chi connectivity index (χ0) is 24.7. The average molecular weight is 648 g/mol. The van der Waals surface area contributed by atoms with E-state index in [9.17, 15) is 4.79 Å². The number of aryl methyl sites for hydroxylation is 2. The Labute approximate surface area is 227 Å². The van der Waals surface area contributed by atoms with Gasteiger partial charge in [0.25, 0.3) is 0 Å². The first-order valence-corrected chi connectivity index (χ1v) is 11.8. The van der Waals surface area contributed by atoms with E-state index in [4.69, 9.17) is 10.1 Å². The van der Waals surface area contributed by atoms with Crippen LogP contribution in [0, 0.1) is 31.7 Å². The Morgan fingerprint density at radius 3 is 2.11 bits per heavy atom. The molecule has 1 N–H and O–H groups in total. The standard InChI is InChI=1S/C25H30N.C5H8O2.B.Ir/c1-16(2)11-20-7-8-23-22(24(20)12-17(3)4)9-10-26-25(23)21-14-18(5)13-19(6)15-21;1-4(6)3-5(2)7;;/h7-10,13-14,16-17H,11-12H2,1-6H3;3,6H,1-2H3;;/q-1;;;. The van der Waals surface area contributed by atoms with E-state index < -0.39 is 0 Å². The number of hydrogen-bond acceptors (Lipinski definition) is 3. The van der Waals surface area contributed by atoms with Crippen molar-refractivity contribution in [3.8, 4) is 11.3 Å². The molecular weight excluding hydrogens is 609 g/mol. The number of aliphatic hydroxyl groups is 1. The molecule has 1 aromatic heterocycles. The molecule has 5 heteroatoms. The summed E-state index contributed by atoms with van der Waals surface area (Å²) in [5.74, 6) is 1.23. The molecule has 35 heavy (non-hydrogen) atoms. The summed E-state index contributed by atoms with van der Waals surface area (Å²) in [5.41, 5.74) is 7.56. The van der Waals surface area contributed by atoms with Crippen molar-refractivity contribution in [2.24, 2.45) is 11.8 Å². The number of allylic oxidation sites excluding steroid dienone is 2. The number of nitrogens with zero attached hydrogens (tertiary/aromatic N) is 1. The Hall–Kier alpha value is -2.23. The van der Waals surface area contributed by atoms with Crippen molar-refractivity contribution in [1.29, 1.82) is 0 Å². The number of hydrogen-bond donors (Lipinski definition) is 1. The molecule has 3 rings (SSSR count). The van der Waals surface area contributed by atoms with Crippen molar-refractivity contribution >= 4 is 25.0 Å². The third kappa shape index (κ3) is 10.1. The monoisotopic (exact) mass is 648 g/mol. The maximum atomic E-state index is 10.0. The van der Waals surface area contributed by atoms with Gasteiger partial charge in [0.1, 0.15) is 0 Å². The van der Waals surface area contributed by atoms with Gasteiger partial charge in [0.15, 0.2) is 5.78 Å². The van der Waals surface area contributed by atoms with Crippen LogP contribution in [0.2, 0.25) is 0 Å². The molecule has 0 aliphatic rings. The molecule has 0 aliphatic carbocycles. The Bertz CT molecular complexity index is 1130. The molecular formula is C30H38BIrNO2-. The minimum absolute atomic E-state index is 0. The largest absolute Gasteiger partial charge is 0.512 e. The van der Waals surface area contributed by atoms with Gasteiger partial charge in [-0.25, -0.2) is 0 Å². The van der Waals surface area contributed by atoms with E-state index in [2.05, 4.69) is 77.9 Å². The summed E-state index contributed by atoms with van der Waals surface area (Å²) in [5, 5.41) is 11.0. The van der Waals surface area contributed by atoms with E-state index in [1.165, 1.54) is 47.4 Å². The minimum atomic E-state index is -0.125. The molecule has 3 nitrogen and oxygen atoms in total. The minimum Gasteiger partial charge on any atom is -0.512 e. The molecule has 0 unspecified atom stereocenters. The molecule has 0 bridgehead atoms. The Balaban J connectivity index is 0.00000113. The number of aliphatic hydroxyl groups excluding tert-OH is 1. The van der Waals surface area contributed by atoms with Gasteiger partial charge in [0, 0.05) is 40.8 Å². The summed E-state index contributed by atoms with van der Waals surface area (Å²) in [6.07, 6.45) is 5.37. The molecule has 0 saturated carbocycles. The fourth-order valence-electron chi connectivity index (χ4n) is 4.17. The van der Waals surface area contributed by atoms with E-state index in [-0.39, 0.29) is 40.1 Å². The van der Waals surface area contributed by atoms with E-state index >= 15 is 0 Å². The van der Waals surface area contributed by atoms with Gasteiger partial charge in [-0.3, -0.25) is 4.79 Å². The van der Waals surface area contributed by atoms with Gasteiger partial charge in [0.2, 0.25) is 0 Å². The fourth-order valence-corrected chi connectivity index (χ4v) is 4.17. The van der Waals surface area contributed by atoms with Gasteiger partial charge >= 0.3 is 0 Å². The first-order chi connectivity index (χ1) is 15.5. The summed E-state index contributed by atoms with van der Waals surface area (Å²) < 4.78 is 0.